The molecule has 2 rings (SSSR count). The second-order valence-electron chi connectivity index (χ2n) is 3.09. The van der Waals surface area contributed by atoms with Crippen LogP contribution in [0.15, 0.2) is 10.6 Å². The van der Waals surface area contributed by atoms with Crippen LogP contribution in [0.4, 0.5) is 5.82 Å². The summed E-state index contributed by atoms with van der Waals surface area (Å²) in [6.45, 7) is 3.42. The number of piperazine rings is 1. The molecule has 0 bridgehead atoms. The van der Waals surface area contributed by atoms with Crippen molar-refractivity contribution in [3.8, 4) is 0 Å². The van der Waals surface area contributed by atoms with Crippen LogP contribution >= 0.6 is 0 Å². The lowest BCUT2D eigenvalue weighted by molar-refractivity contribution is 0.0652. The van der Waals surface area contributed by atoms with Gasteiger partial charge in [0.1, 0.15) is 0 Å². The highest BCUT2D eigenvalue weighted by Gasteiger charge is 2.17. The fraction of sp³-hybridized carbons (Fsp3) is 0.500. The van der Waals surface area contributed by atoms with Crippen LogP contribution in [0.1, 0.15) is 10.6 Å². The lowest BCUT2D eigenvalue weighted by Gasteiger charge is -2.26. The van der Waals surface area contributed by atoms with Gasteiger partial charge in [-0.2, -0.15) is 0 Å². The minimum absolute atomic E-state index is 0.112. The maximum atomic E-state index is 10.5. The van der Waals surface area contributed by atoms with Crippen molar-refractivity contribution in [3.05, 3.63) is 11.8 Å². The van der Waals surface area contributed by atoms with Crippen LogP contribution in [0, 0.1) is 0 Å². The minimum atomic E-state index is -1.08. The number of hydrogen-bond acceptors (Lipinski definition) is 5. The van der Waals surface area contributed by atoms with E-state index in [9.17, 15) is 4.79 Å². The van der Waals surface area contributed by atoms with Crippen molar-refractivity contribution < 1.29 is 14.4 Å². The first-order chi connectivity index (χ1) is 6.77. The molecule has 6 nitrogen and oxygen atoms in total. The number of anilines is 1. The molecule has 1 aliphatic heterocycles. The van der Waals surface area contributed by atoms with E-state index in [1.807, 2.05) is 4.90 Å². The zero-order valence-electron chi connectivity index (χ0n) is 7.56. The van der Waals surface area contributed by atoms with Gasteiger partial charge in [0, 0.05) is 32.2 Å². The molecule has 0 aliphatic carbocycles. The molecule has 2 heterocycles. The zero-order valence-corrected chi connectivity index (χ0v) is 7.56. The van der Waals surface area contributed by atoms with Gasteiger partial charge >= 0.3 is 5.97 Å². The SMILES string of the molecule is O=C(O)c1cc(N2CCNCC2)no1. The molecule has 0 saturated carbocycles. The standard InChI is InChI=1S/C8H11N3O3/c12-8(13)6-5-7(10-14-6)11-3-1-9-2-4-11/h5,9H,1-4H2,(H,12,13). The Hall–Kier alpha value is -1.56. The highest BCUT2D eigenvalue weighted by molar-refractivity contribution is 5.85. The third-order valence-electron chi connectivity index (χ3n) is 2.15. The van der Waals surface area contributed by atoms with Crippen LogP contribution in [0.25, 0.3) is 0 Å². The molecule has 1 aromatic heterocycles. The van der Waals surface area contributed by atoms with Gasteiger partial charge in [-0.3, -0.25) is 0 Å². The quantitative estimate of drug-likeness (QED) is 0.682. The Labute approximate surface area is 80.5 Å². The minimum Gasteiger partial charge on any atom is -0.475 e. The first kappa shape index (κ1) is 9.01. The van der Waals surface area contributed by atoms with Gasteiger partial charge in [-0.25, -0.2) is 4.79 Å². The van der Waals surface area contributed by atoms with Gasteiger partial charge in [0.15, 0.2) is 5.82 Å². The van der Waals surface area contributed by atoms with Crippen LogP contribution in [-0.2, 0) is 0 Å². The predicted molar refractivity (Wildman–Crippen MR) is 48.5 cm³/mol. The van der Waals surface area contributed by atoms with Crippen molar-refractivity contribution in [2.45, 2.75) is 0 Å². The number of hydrogen-bond donors (Lipinski definition) is 2. The number of carbonyl (C=O) groups is 1. The van der Waals surface area contributed by atoms with E-state index in [1.165, 1.54) is 6.07 Å². The number of nitrogens with one attached hydrogen (secondary N) is 1. The monoisotopic (exact) mass is 197 g/mol. The van der Waals surface area contributed by atoms with Crippen molar-refractivity contribution >= 4 is 11.8 Å². The van der Waals surface area contributed by atoms with Crippen molar-refractivity contribution in [1.82, 2.24) is 10.5 Å². The van der Waals surface area contributed by atoms with E-state index in [0.29, 0.717) is 5.82 Å². The average Bonchev–Trinajstić information content (AvgIpc) is 2.68. The Morgan fingerprint density at radius 2 is 2.29 bits per heavy atom. The average molecular weight is 197 g/mol. The summed E-state index contributed by atoms with van der Waals surface area (Å²) in [5.41, 5.74) is 0. The maximum Gasteiger partial charge on any atom is 0.374 e. The first-order valence-electron chi connectivity index (χ1n) is 4.43. The number of carboxylic acid groups (broad SMARTS) is 1. The normalized spacial score (nSPS) is 17.0. The molecule has 76 valence electrons. The van der Waals surface area contributed by atoms with Crippen LogP contribution < -0.4 is 10.2 Å². The molecule has 2 N–H and O–H groups in total. The molecule has 1 fully saturated rings. The Morgan fingerprint density at radius 3 is 2.86 bits per heavy atom. The summed E-state index contributed by atoms with van der Waals surface area (Å²) in [5, 5.41) is 15.5. The molecule has 0 radical (unpaired) electrons. The summed E-state index contributed by atoms with van der Waals surface area (Å²) in [4.78, 5) is 12.5. The molecule has 0 atom stereocenters. The Morgan fingerprint density at radius 1 is 1.57 bits per heavy atom. The lowest BCUT2D eigenvalue weighted by Crippen LogP contribution is -2.43. The van der Waals surface area contributed by atoms with E-state index >= 15 is 0 Å². The van der Waals surface area contributed by atoms with Crippen LogP contribution in [0.3, 0.4) is 0 Å². The Balaban J connectivity index is 2.11. The van der Waals surface area contributed by atoms with E-state index in [4.69, 9.17) is 5.11 Å². The molecule has 0 amide bonds. The molecule has 0 aromatic carbocycles. The van der Waals surface area contributed by atoms with Gasteiger partial charge in [-0.15, -0.1) is 0 Å². The molecule has 0 spiro atoms. The van der Waals surface area contributed by atoms with Crippen molar-refractivity contribution in [2.75, 3.05) is 31.1 Å². The summed E-state index contributed by atoms with van der Waals surface area (Å²) in [6, 6.07) is 1.45. The lowest BCUT2D eigenvalue weighted by atomic mass is 10.3. The molecule has 14 heavy (non-hydrogen) atoms. The van der Waals surface area contributed by atoms with Gasteiger partial charge in [0.05, 0.1) is 0 Å². The number of carboxylic acids is 1. The predicted octanol–water partition coefficient (Wildman–Crippen LogP) is -0.218. The van der Waals surface area contributed by atoms with Gasteiger partial charge in [-0.1, -0.05) is 5.16 Å². The van der Waals surface area contributed by atoms with E-state index in [2.05, 4.69) is 15.0 Å². The van der Waals surface area contributed by atoms with Crippen LogP contribution in [0.5, 0.6) is 0 Å². The topological polar surface area (TPSA) is 78.6 Å². The highest BCUT2D eigenvalue weighted by atomic mass is 16.5. The number of nitrogens with zero attached hydrogens (tertiary/aromatic N) is 2. The largest absolute Gasteiger partial charge is 0.475 e. The van der Waals surface area contributed by atoms with Crippen molar-refractivity contribution in [1.29, 1.82) is 0 Å². The summed E-state index contributed by atoms with van der Waals surface area (Å²) in [5.74, 6) is -0.596. The van der Waals surface area contributed by atoms with Gasteiger partial charge in [0.2, 0.25) is 5.76 Å². The van der Waals surface area contributed by atoms with Crippen molar-refractivity contribution in [3.63, 3.8) is 0 Å². The van der Waals surface area contributed by atoms with Gasteiger partial charge in [0.25, 0.3) is 0 Å². The molecule has 6 heteroatoms. The summed E-state index contributed by atoms with van der Waals surface area (Å²) >= 11 is 0. The number of aromatic carboxylic acids is 1. The van der Waals surface area contributed by atoms with E-state index in [0.717, 1.165) is 26.2 Å². The maximum absolute atomic E-state index is 10.5. The third-order valence-corrected chi connectivity index (χ3v) is 2.15. The van der Waals surface area contributed by atoms with Crippen LogP contribution in [-0.4, -0.2) is 42.4 Å². The smallest absolute Gasteiger partial charge is 0.374 e. The number of rotatable bonds is 2. The van der Waals surface area contributed by atoms with E-state index < -0.39 is 5.97 Å². The molecule has 1 aliphatic rings. The van der Waals surface area contributed by atoms with Crippen molar-refractivity contribution in [2.24, 2.45) is 0 Å². The summed E-state index contributed by atoms with van der Waals surface area (Å²) in [6.07, 6.45) is 0. The van der Waals surface area contributed by atoms with E-state index in [1.54, 1.807) is 0 Å². The molecule has 1 aromatic rings. The molecular formula is C8H11N3O3. The Kier molecular flexibility index (Phi) is 2.36. The number of aromatic nitrogens is 1. The van der Waals surface area contributed by atoms with Gasteiger partial charge in [-0.05, 0) is 0 Å². The fourth-order valence-corrected chi connectivity index (χ4v) is 1.41. The highest BCUT2D eigenvalue weighted by Crippen LogP contribution is 2.14. The molecule has 0 unspecified atom stereocenters. The second kappa shape index (κ2) is 3.67. The molecular weight excluding hydrogens is 186 g/mol. The third kappa shape index (κ3) is 1.69. The first-order valence-corrected chi connectivity index (χ1v) is 4.43. The summed E-state index contributed by atoms with van der Waals surface area (Å²) < 4.78 is 4.67. The fourth-order valence-electron chi connectivity index (χ4n) is 1.41. The van der Waals surface area contributed by atoms with Crippen LogP contribution in [0.2, 0.25) is 0 Å². The molecule has 1 saturated heterocycles. The second-order valence-corrected chi connectivity index (χ2v) is 3.09. The zero-order chi connectivity index (χ0) is 9.97. The summed E-state index contributed by atoms with van der Waals surface area (Å²) in [7, 11) is 0. The van der Waals surface area contributed by atoms with E-state index in [-0.39, 0.29) is 5.76 Å². The van der Waals surface area contributed by atoms with Gasteiger partial charge < -0.3 is 19.8 Å². The Bertz CT molecular complexity index is 330.